The second-order valence-electron chi connectivity index (χ2n) is 5.05. The minimum atomic E-state index is -0.552. The average molecular weight is 226 g/mol. The summed E-state index contributed by atoms with van der Waals surface area (Å²) in [6, 6.07) is 0. The van der Waals surface area contributed by atoms with Gasteiger partial charge in [-0.2, -0.15) is 5.10 Å². The number of nitrogens with zero attached hydrogens (tertiary/aromatic N) is 1. The van der Waals surface area contributed by atoms with Crippen molar-refractivity contribution in [1.82, 2.24) is 5.43 Å². The summed E-state index contributed by atoms with van der Waals surface area (Å²) in [6.07, 6.45) is 0. The van der Waals surface area contributed by atoms with Crippen molar-refractivity contribution in [3.05, 3.63) is 0 Å². The summed E-state index contributed by atoms with van der Waals surface area (Å²) >= 11 is 0. The maximum atomic E-state index is 11.8. The van der Waals surface area contributed by atoms with Crippen LogP contribution < -0.4 is 5.43 Å². The van der Waals surface area contributed by atoms with Crippen LogP contribution in [-0.2, 0) is 14.3 Å². The Morgan fingerprint density at radius 1 is 1.31 bits per heavy atom. The minimum Gasteiger partial charge on any atom is -0.455 e. The van der Waals surface area contributed by atoms with E-state index in [2.05, 4.69) is 10.5 Å². The fourth-order valence-electron chi connectivity index (χ4n) is 1.34. The van der Waals surface area contributed by atoms with Gasteiger partial charge in [0.15, 0.2) is 0 Å². The zero-order valence-corrected chi connectivity index (χ0v) is 10.3. The second-order valence-corrected chi connectivity index (χ2v) is 5.05. The van der Waals surface area contributed by atoms with Crippen molar-refractivity contribution in [3.63, 3.8) is 0 Å². The number of amides is 1. The van der Waals surface area contributed by atoms with Crippen molar-refractivity contribution in [1.29, 1.82) is 0 Å². The van der Waals surface area contributed by atoms with Crippen LogP contribution in [0.2, 0.25) is 0 Å². The van der Waals surface area contributed by atoms with E-state index >= 15 is 0 Å². The molecule has 0 saturated carbocycles. The Hall–Kier alpha value is -1.39. The summed E-state index contributed by atoms with van der Waals surface area (Å²) in [5, 5.41) is 3.77. The largest absolute Gasteiger partial charge is 0.455 e. The van der Waals surface area contributed by atoms with Crippen molar-refractivity contribution >= 4 is 17.6 Å². The first kappa shape index (κ1) is 12.7. The molecule has 5 heteroatoms. The molecule has 1 amide bonds. The van der Waals surface area contributed by atoms with Crippen LogP contribution in [0.4, 0.5) is 0 Å². The molecule has 1 rings (SSSR count). The molecule has 0 radical (unpaired) electrons. The highest BCUT2D eigenvalue weighted by Crippen LogP contribution is 2.19. The predicted molar refractivity (Wildman–Crippen MR) is 59.8 cm³/mol. The van der Waals surface area contributed by atoms with E-state index in [4.69, 9.17) is 4.74 Å². The fourth-order valence-corrected chi connectivity index (χ4v) is 1.34. The summed E-state index contributed by atoms with van der Waals surface area (Å²) < 4.78 is 5.21. The molecule has 0 aromatic carbocycles. The van der Waals surface area contributed by atoms with Gasteiger partial charge in [0.2, 0.25) is 5.91 Å². The van der Waals surface area contributed by atoms with E-state index in [0.717, 1.165) is 0 Å². The van der Waals surface area contributed by atoms with E-state index in [1.54, 1.807) is 34.6 Å². The molecule has 0 aromatic rings. The summed E-state index contributed by atoms with van der Waals surface area (Å²) in [5.74, 6) is -1.12. The smallest absolute Gasteiger partial charge is 0.355 e. The van der Waals surface area contributed by atoms with Gasteiger partial charge in [0, 0.05) is 11.8 Å². The molecule has 16 heavy (non-hydrogen) atoms. The molecule has 1 aliphatic heterocycles. The van der Waals surface area contributed by atoms with Crippen molar-refractivity contribution in [2.45, 2.75) is 40.2 Å². The quantitative estimate of drug-likeness (QED) is 0.680. The Bertz CT molecular complexity index is 342. The first-order chi connectivity index (χ1) is 7.22. The Kier molecular flexibility index (Phi) is 3.35. The van der Waals surface area contributed by atoms with Crippen LogP contribution in [-0.4, -0.2) is 23.2 Å². The van der Waals surface area contributed by atoms with E-state index in [1.807, 2.05) is 0 Å². The third-order valence-corrected chi connectivity index (χ3v) is 2.49. The van der Waals surface area contributed by atoms with Gasteiger partial charge >= 0.3 is 5.97 Å². The molecule has 1 heterocycles. The number of rotatable bonds is 1. The molecule has 0 spiro atoms. The van der Waals surface area contributed by atoms with Crippen LogP contribution >= 0.6 is 0 Å². The molecule has 0 aliphatic carbocycles. The van der Waals surface area contributed by atoms with Gasteiger partial charge < -0.3 is 4.74 Å². The van der Waals surface area contributed by atoms with Gasteiger partial charge in [0.25, 0.3) is 0 Å². The van der Waals surface area contributed by atoms with Crippen molar-refractivity contribution in [3.8, 4) is 0 Å². The Morgan fingerprint density at radius 3 is 2.38 bits per heavy atom. The topological polar surface area (TPSA) is 67.8 Å². The average Bonchev–Trinajstić information content (AvgIpc) is 2.11. The Morgan fingerprint density at radius 2 is 1.88 bits per heavy atom. The van der Waals surface area contributed by atoms with Crippen LogP contribution in [0.5, 0.6) is 0 Å². The highest BCUT2D eigenvalue weighted by atomic mass is 16.6. The zero-order valence-electron chi connectivity index (χ0n) is 10.3. The summed E-state index contributed by atoms with van der Waals surface area (Å²) in [4.78, 5) is 23.1. The number of ether oxygens (including phenoxy) is 1. The SMILES string of the molecule is C[C@@H]1C(=O)NN=C(C(=O)OC(C)(C)C)[C@@H]1C. The molecule has 2 atom stereocenters. The molecule has 1 N–H and O–H groups in total. The molecule has 90 valence electrons. The lowest BCUT2D eigenvalue weighted by Gasteiger charge is -2.26. The molecule has 0 fully saturated rings. The van der Waals surface area contributed by atoms with E-state index in [9.17, 15) is 9.59 Å². The normalized spacial score (nSPS) is 25.8. The van der Waals surface area contributed by atoms with Gasteiger partial charge in [0.05, 0.1) is 0 Å². The van der Waals surface area contributed by atoms with E-state index < -0.39 is 11.6 Å². The van der Waals surface area contributed by atoms with Crippen LogP contribution in [0.25, 0.3) is 0 Å². The van der Waals surface area contributed by atoms with Crippen LogP contribution in [0.1, 0.15) is 34.6 Å². The van der Waals surface area contributed by atoms with E-state index in [1.165, 1.54) is 0 Å². The fraction of sp³-hybridized carbons (Fsp3) is 0.727. The number of carbonyl (C=O) groups excluding carboxylic acids is 2. The first-order valence-corrected chi connectivity index (χ1v) is 5.33. The monoisotopic (exact) mass is 226 g/mol. The lowest BCUT2D eigenvalue weighted by Crippen LogP contribution is -2.44. The number of hydrazone groups is 1. The molecule has 5 nitrogen and oxygen atoms in total. The summed E-state index contributed by atoms with van der Waals surface area (Å²) in [7, 11) is 0. The zero-order chi connectivity index (χ0) is 12.5. The minimum absolute atomic E-state index is 0.167. The van der Waals surface area contributed by atoms with E-state index in [0.29, 0.717) is 0 Å². The standard InChI is InChI=1S/C11H18N2O3/c1-6-7(2)9(14)13-12-8(6)10(15)16-11(3,4)5/h6-7H,1-5H3,(H,13,14)/t6-,7+/m1/s1. The highest BCUT2D eigenvalue weighted by Gasteiger charge is 2.34. The van der Waals surface area contributed by atoms with Gasteiger partial charge in [-0.25, -0.2) is 10.2 Å². The summed E-state index contributed by atoms with van der Waals surface area (Å²) in [6.45, 7) is 8.94. The molecule has 0 aromatic heterocycles. The number of carbonyl (C=O) groups is 2. The highest BCUT2D eigenvalue weighted by molar-refractivity contribution is 6.38. The van der Waals surface area contributed by atoms with Gasteiger partial charge in [-0.15, -0.1) is 0 Å². The van der Waals surface area contributed by atoms with Gasteiger partial charge in [-0.3, -0.25) is 4.79 Å². The van der Waals surface area contributed by atoms with Crippen LogP contribution in [0.3, 0.4) is 0 Å². The Labute approximate surface area is 95.2 Å². The van der Waals surface area contributed by atoms with Gasteiger partial charge in [0.1, 0.15) is 11.3 Å². The van der Waals surface area contributed by atoms with Crippen LogP contribution in [0.15, 0.2) is 5.10 Å². The maximum absolute atomic E-state index is 11.8. The Balaban J connectivity index is 2.81. The van der Waals surface area contributed by atoms with Gasteiger partial charge in [-0.05, 0) is 20.8 Å². The van der Waals surface area contributed by atoms with Gasteiger partial charge in [-0.1, -0.05) is 13.8 Å². The molecule has 1 aliphatic rings. The summed E-state index contributed by atoms with van der Waals surface area (Å²) in [5.41, 5.74) is 2.06. The third-order valence-electron chi connectivity index (χ3n) is 2.49. The number of hydrogen-bond donors (Lipinski definition) is 1. The second kappa shape index (κ2) is 4.23. The number of hydrogen-bond acceptors (Lipinski definition) is 4. The van der Waals surface area contributed by atoms with Crippen molar-refractivity contribution in [2.75, 3.05) is 0 Å². The molecular weight excluding hydrogens is 208 g/mol. The third kappa shape index (κ3) is 2.81. The molecular formula is C11H18N2O3. The predicted octanol–water partition coefficient (Wildman–Crippen LogP) is 1.09. The lowest BCUT2D eigenvalue weighted by atomic mass is 9.89. The van der Waals surface area contributed by atoms with E-state index in [-0.39, 0.29) is 23.5 Å². The first-order valence-electron chi connectivity index (χ1n) is 5.33. The lowest BCUT2D eigenvalue weighted by molar-refractivity contribution is -0.146. The molecule has 0 saturated heterocycles. The molecule has 0 bridgehead atoms. The number of esters is 1. The van der Waals surface area contributed by atoms with Crippen molar-refractivity contribution < 1.29 is 14.3 Å². The number of nitrogens with one attached hydrogen (secondary N) is 1. The molecule has 0 unspecified atom stereocenters. The maximum Gasteiger partial charge on any atom is 0.355 e. The van der Waals surface area contributed by atoms with Crippen molar-refractivity contribution in [2.24, 2.45) is 16.9 Å². The van der Waals surface area contributed by atoms with Crippen LogP contribution in [0, 0.1) is 11.8 Å².